The molecule has 0 aromatic rings. The van der Waals surface area contributed by atoms with E-state index in [1.54, 1.807) is 0 Å². The van der Waals surface area contributed by atoms with E-state index in [4.69, 9.17) is 5.11 Å². The fraction of sp³-hybridized carbons (Fsp3) is 0.800. The standard InChI is InChI=1S/C10H18O/c1-10(8-5-9-11)6-3-2-4-7-10/h5,8,11H,2-4,6-7,9H2,1H3/b8-5+. The first-order valence-corrected chi connectivity index (χ1v) is 4.55. The van der Waals surface area contributed by atoms with E-state index in [1.807, 2.05) is 6.08 Å². The Morgan fingerprint density at radius 1 is 1.27 bits per heavy atom. The first kappa shape index (κ1) is 8.79. The number of rotatable bonds is 2. The van der Waals surface area contributed by atoms with Crippen LogP contribution >= 0.6 is 0 Å². The maximum atomic E-state index is 8.62. The summed E-state index contributed by atoms with van der Waals surface area (Å²) in [5.74, 6) is 0. The number of hydrogen-bond acceptors (Lipinski definition) is 1. The van der Waals surface area contributed by atoms with Gasteiger partial charge in [0.05, 0.1) is 6.61 Å². The summed E-state index contributed by atoms with van der Waals surface area (Å²) in [4.78, 5) is 0. The van der Waals surface area contributed by atoms with Crippen molar-refractivity contribution >= 4 is 0 Å². The minimum Gasteiger partial charge on any atom is -0.392 e. The lowest BCUT2D eigenvalue weighted by atomic mass is 9.75. The zero-order valence-electron chi connectivity index (χ0n) is 7.34. The molecule has 1 N–H and O–H groups in total. The number of allylic oxidation sites excluding steroid dienone is 1. The van der Waals surface area contributed by atoms with E-state index in [-0.39, 0.29) is 6.61 Å². The molecular formula is C10H18O. The summed E-state index contributed by atoms with van der Waals surface area (Å²) in [5.41, 5.74) is 0.390. The van der Waals surface area contributed by atoms with Gasteiger partial charge in [0.1, 0.15) is 0 Å². The van der Waals surface area contributed by atoms with Crippen LogP contribution in [0.25, 0.3) is 0 Å². The van der Waals surface area contributed by atoms with Crippen molar-refractivity contribution in [2.24, 2.45) is 5.41 Å². The van der Waals surface area contributed by atoms with Gasteiger partial charge in [0.25, 0.3) is 0 Å². The summed E-state index contributed by atoms with van der Waals surface area (Å²) in [7, 11) is 0. The van der Waals surface area contributed by atoms with Gasteiger partial charge in [0.2, 0.25) is 0 Å². The molecule has 0 radical (unpaired) electrons. The molecule has 0 aromatic carbocycles. The van der Waals surface area contributed by atoms with Crippen LogP contribution in [0.2, 0.25) is 0 Å². The van der Waals surface area contributed by atoms with Gasteiger partial charge in [-0.05, 0) is 18.3 Å². The zero-order valence-corrected chi connectivity index (χ0v) is 7.34. The van der Waals surface area contributed by atoms with Crippen molar-refractivity contribution < 1.29 is 5.11 Å². The highest BCUT2D eigenvalue weighted by Crippen LogP contribution is 2.36. The van der Waals surface area contributed by atoms with Crippen LogP contribution in [-0.4, -0.2) is 11.7 Å². The predicted molar refractivity (Wildman–Crippen MR) is 47.4 cm³/mol. The second-order valence-corrected chi connectivity index (χ2v) is 3.80. The van der Waals surface area contributed by atoms with Gasteiger partial charge in [-0.3, -0.25) is 0 Å². The van der Waals surface area contributed by atoms with Crippen LogP contribution in [-0.2, 0) is 0 Å². The van der Waals surface area contributed by atoms with E-state index in [0.29, 0.717) is 5.41 Å². The van der Waals surface area contributed by atoms with Crippen molar-refractivity contribution in [2.45, 2.75) is 39.0 Å². The first-order chi connectivity index (χ1) is 5.27. The lowest BCUT2D eigenvalue weighted by Gasteiger charge is -2.30. The maximum absolute atomic E-state index is 8.62. The quantitative estimate of drug-likeness (QED) is 0.606. The van der Waals surface area contributed by atoms with Gasteiger partial charge in [-0.25, -0.2) is 0 Å². The summed E-state index contributed by atoms with van der Waals surface area (Å²) in [6, 6.07) is 0. The number of aliphatic hydroxyl groups excluding tert-OH is 1. The Balaban J connectivity index is 2.43. The molecule has 1 heteroatoms. The van der Waals surface area contributed by atoms with Crippen LogP contribution in [0.1, 0.15) is 39.0 Å². The molecule has 0 aliphatic heterocycles. The fourth-order valence-corrected chi connectivity index (χ4v) is 1.86. The van der Waals surface area contributed by atoms with Crippen LogP contribution < -0.4 is 0 Å². The Bertz CT molecular complexity index is 132. The maximum Gasteiger partial charge on any atom is 0.0612 e. The Kier molecular flexibility index (Phi) is 3.13. The highest BCUT2D eigenvalue weighted by atomic mass is 16.2. The molecule has 1 rings (SSSR count). The van der Waals surface area contributed by atoms with Crippen molar-refractivity contribution in [2.75, 3.05) is 6.61 Å². The Morgan fingerprint density at radius 2 is 1.91 bits per heavy atom. The van der Waals surface area contributed by atoms with Crippen LogP contribution in [0, 0.1) is 5.41 Å². The molecule has 1 aliphatic carbocycles. The third-order valence-electron chi connectivity index (χ3n) is 2.62. The van der Waals surface area contributed by atoms with Crippen molar-refractivity contribution in [1.29, 1.82) is 0 Å². The van der Waals surface area contributed by atoms with Crippen molar-refractivity contribution in [3.63, 3.8) is 0 Å². The summed E-state index contributed by atoms with van der Waals surface area (Å²) >= 11 is 0. The van der Waals surface area contributed by atoms with Gasteiger partial charge in [-0.2, -0.15) is 0 Å². The third kappa shape index (κ3) is 2.66. The van der Waals surface area contributed by atoms with Gasteiger partial charge >= 0.3 is 0 Å². The molecule has 0 heterocycles. The molecule has 0 amide bonds. The van der Waals surface area contributed by atoms with Crippen molar-refractivity contribution in [3.8, 4) is 0 Å². The SMILES string of the molecule is CC1(/C=C/CO)CCCCC1. The smallest absolute Gasteiger partial charge is 0.0612 e. The van der Waals surface area contributed by atoms with E-state index >= 15 is 0 Å². The molecular weight excluding hydrogens is 136 g/mol. The van der Waals surface area contributed by atoms with Crippen LogP contribution in [0.4, 0.5) is 0 Å². The van der Waals surface area contributed by atoms with E-state index in [0.717, 1.165) is 0 Å². The predicted octanol–water partition coefficient (Wildman–Crippen LogP) is 2.51. The minimum atomic E-state index is 0.190. The average molecular weight is 154 g/mol. The van der Waals surface area contributed by atoms with E-state index in [9.17, 15) is 0 Å². The van der Waals surface area contributed by atoms with E-state index < -0.39 is 0 Å². The molecule has 0 spiro atoms. The fourth-order valence-electron chi connectivity index (χ4n) is 1.86. The highest BCUT2D eigenvalue weighted by molar-refractivity contribution is 4.98. The molecule has 64 valence electrons. The molecule has 1 aliphatic rings. The largest absolute Gasteiger partial charge is 0.392 e. The summed E-state index contributed by atoms with van der Waals surface area (Å²) in [5, 5.41) is 8.62. The zero-order chi connectivity index (χ0) is 8.16. The molecule has 1 fully saturated rings. The Morgan fingerprint density at radius 3 is 2.45 bits per heavy atom. The summed E-state index contributed by atoms with van der Waals surface area (Å²) < 4.78 is 0. The van der Waals surface area contributed by atoms with Gasteiger partial charge in [-0.1, -0.05) is 38.3 Å². The second kappa shape index (κ2) is 3.91. The molecule has 0 bridgehead atoms. The average Bonchev–Trinajstić information content (AvgIpc) is 2.03. The molecule has 11 heavy (non-hydrogen) atoms. The van der Waals surface area contributed by atoms with E-state index in [1.165, 1.54) is 32.1 Å². The normalized spacial score (nSPS) is 24.2. The molecule has 0 atom stereocenters. The van der Waals surface area contributed by atoms with Crippen LogP contribution in [0.3, 0.4) is 0 Å². The molecule has 0 unspecified atom stereocenters. The summed E-state index contributed by atoms with van der Waals surface area (Å²) in [6.45, 7) is 2.48. The molecule has 0 saturated heterocycles. The van der Waals surface area contributed by atoms with Gasteiger partial charge in [0.15, 0.2) is 0 Å². The Hall–Kier alpha value is -0.300. The van der Waals surface area contributed by atoms with Crippen molar-refractivity contribution in [3.05, 3.63) is 12.2 Å². The molecule has 1 saturated carbocycles. The van der Waals surface area contributed by atoms with Crippen LogP contribution in [0.15, 0.2) is 12.2 Å². The first-order valence-electron chi connectivity index (χ1n) is 4.55. The Labute approximate surface area is 69.1 Å². The third-order valence-corrected chi connectivity index (χ3v) is 2.62. The molecule has 0 aromatic heterocycles. The number of hydrogen-bond donors (Lipinski definition) is 1. The lowest BCUT2D eigenvalue weighted by Crippen LogP contribution is -2.16. The van der Waals surface area contributed by atoms with E-state index in [2.05, 4.69) is 13.0 Å². The van der Waals surface area contributed by atoms with Gasteiger partial charge < -0.3 is 5.11 Å². The minimum absolute atomic E-state index is 0.190. The topological polar surface area (TPSA) is 20.2 Å². The molecule has 1 nitrogen and oxygen atoms in total. The monoisotopic (exact) mass is 154 g/mol. The highest BCUT2D eigenvalue weighted by Gasteiger charge is 2.22. The van der Waals surface area contributed by atoms with Gasteiger partial charge in [-0.15, -0.1) is 0 Å². The summed E-state index contributed by atoms with van der Waals surface area (Å²) in [6.07, 6.45) is 10.8. The van der Waals surface area contributed by atoms with Crippen molar-refractivity contribution in [1.82, 2.24) is 0 Å². The van der Waals surface area contributed by atoms with Gasteiger partial charge in [0, 0.05) is 0 Å². The lowest BCUT2D eigenvalue weighted by molar-refractivity contribution is 0.281. The van der Waals surface area contributed by atoms with Crippen LogP contribution in [0.5, 0.6) is 0 Å². The number of aliphatic hydroxyl groups is 1. The second-order valence-electron chi connectivity index (χ2n) is 3.80.